The number of aryl methyl sites for hydroxylation is 1. The summed E-state index contributed by atoms with van der Waals surface area (Å²) in [6, 6.07) is 0. The highest BCUT2D eigenvalue weighted by molar-refractivity contribution is 5.08. The molecule has 0 unspecified atom stereocenters. The van der Waals surface area contributed by atoms with Gasteiger partial charge in [0.25, 0.3) is 0 Å². The van der Waals surface area contributed by atoms with Crippen LogP contribution in [-0.4, -0.2) is 15.0 Å². The molecule has 0 aliphatic heterocycles. The van der Waals surface area contributed by atoms with Gasteiger partial charge < -0.3 is 0 Å². The van der Waals surface area contributed by atoms with E-state index in [1.165, 1.54) is 0 Å². The molecule has 1 aromatic heterocycles. The molecule has 0 fully saturated rings. The van der Waals surface area contributed by atoms with E-state index in [1.807, 2.05) is 4.68 Å². The fourth-order valence-corrected chi connectivity index (χ4v) is 1.89. The van der Waals surface area contributed by atoms with E-state index in [-0.39, 0.29) is 5.41 Å². The lowest BCUT2D eigenvalue weighted by Gasteiger charge is -2.23. The van der Waals surface area contributed by atoms with Crippen molar-refractivity contribution in [1.82, 2.24) is 15.0 Å². The van der Waals surface area contributed by atoms with Gasteiger partial charge in [-0.1, -0.05) is 32.9 Å². The van der Waals surface area contributed by atoms with E-state index in [2.05, 4.69) is 51.1 Å². The minimum absolute atomic E-state index is 0.140. The Morgan fingerprint density at radius 1 is 1.43 bits per heavy atom. The van der Waals surface area contributed by atoms with Crippen molar-refractivity contribution < 1.29 is 0 Å². The number of nitrogens with zero attached hydrogens (tertiary/aromatic N) is 3. The lowest BCUT2D eigenvalue weighted by atomic mass is 9.81. The molecule has 0 aliphatic carbocycles. The van der Waals surface area contributed by atoms with E-state index >= 15 is 0 Å². The molecule has 80 valence electrons. The number of aromatic nitrogens is 3. The fraction of sp³-hybridized carbons (Fsp3) is 0.818. The lowest BCUT2D eigenvalue weighted by molar-refractivity contribution is 0.390. The van der Waals surface area contributed by atoms with E-state index in [4.69, 9.17) is 0 Å². The van der Waals surface area contributed by atoms with Gasteiger partial charge in [0.15, 0.2) is 0 Å². The maximum absolute atomic E-state index is 4.22. The summed E-state index contributed by atoms with van der Waals surface area (Å²) >= 11 is 0. The Hall–Kier alpha value is -0.860. The van der Waals surface area contributed by atoms with Gasteiger partial charge in [0.1, 0.15) is 0 Å². The maximum Gasteiger partial charge on any atom is 0.0883 e. The number of hydrogen-bond acceptors (Lipinski definition) is 2. The highest BCUT2D eigenvalue weighted by Gasteiger charge is 2.24. The van der Waals surface area contributed by atoms with Crippen LogP contribution in [0.4, 0.5) is 0 Å². The van der Waals surface area contributed by atoms with Gasteiger partial charge in [0.05, 0.1) is 5.69 Å². The van der Waals surface area contributed by atoms with Crippen molar-refractivity contribution in [1.29, 1.82) is 0 Å². The molecule has 0 bridgehead atoms. The monoisotopic (exact) mass is 195 g/mol. The van der Waals surface area contributed by atoms with E-state index in [9.17, 15) is 0 Å². The van der Waals surface area contributed by atoms with Crippen molar-refractivity contribution in [3.63, 3.8) is 0 Å². The van der Waals surface area contributed by atoms with Gasteiger partial charge in [-0.3, -0.25) is 4.68 Å². The SMILES string of the molecule is CCn1cc(C(C)(C)CC(C)C)nn1. The van der Waals surface area contributed by atoms with Crippen LogP contribution in [0.25, 0.3) is 0 Å². The van der Waals surface area contributed by atoms with Gasteiger partial charge in [-0.05, 0) is 19.3 Å². The molecule has 1 aromatic rings. The molecule has 0 N–H and O–H groups in total. The summed E-state index contributed by atoms with van der Waals surface area (Å²) < 4.78 is 1.89. The zero-order chi connectivity index (χ0) is 10.8. The fourth-order valence-electron chi connectivity index (χ4n) is 1.89. The normalized spacial score (nSPS) is 12.4. The predicted octanol–water partition coefficient (Wildman–Crippen LogP) is 2.62. The minimum Gasteiger partial charge on any atom is -0.253 e. The first-order valence-electron chi connectivity index (χ1n) is 5.36. The van der Waals surface area contributed by atoms with Crippen LogP contribution in [-0.2, 0) is 12.0 Å². The van der Waals surface area contributed by atoms with Gasteiger partial charge >= 0.3 is 0 Å². The van der Waals surface area contributed by atoms with Crippen LogP contribution in [0.5, 0.6) is 0 Å². The first-order valence-corrected chi connectivity index (χ1v) is 5.36. The molecule has 0 saturated heterocycles. The molecule has 14 heavy (non-hydrogen) atoms. The molecule has 1 rings (SSSR count). The third-order valence-corrected chi connectivity index (χ3v) is 2.47. The maximum atomic E-state index is 4.22. The smallest absolute Gasteiger partial charge is 0.0883 e. The summed E-state index contributed by atoms with van der Waals surface area (Å²) in [6.45, 7) is 11.9. The summed E-state index contributed by atoms with van der Waals surface area (Å²) in [4.78, 5) is 0. The van der Waals surface area contributed by atoms with Crippen molar-refractivity contribution in [3.8, 4) is 0 Å². The average molecular weight is 195 g/mol. The Bertz CT molecular complexity index is 286. The number of hydrogen-bond donors (Lipinski definition) is 0. The second-order valence-electron chi connectivity index (χ2n) is 4.94. The third kappa shape index (κ3) is 2.56. The molecular weight excluding hydrogens is 174 g/mol. The molecule has 3 nitrogen and oxygen atoms in total. The summed E-state index contributed by atoms with van der Waals surface area (Å²) in [5.41, 5.74) is 1.25. The molecule has 1 heterocycles. The third-order valence-electron chi connectivity index (χ3n) is 2.47. The average Bonchev–Trinajstić information content (AvgIpc) is 2.49. The Kier molecular flexibility index (Phi) is 3.29. The Morgan fingerprint density at radius 2 is 2.07 bits per heavy atom. The second kappa shape index (κ2) is 4.11. The van der Waals surface area contributed by atoms with Gasteiger partial charge in [-0.15, -0.1) is 5.10 Å². The molecule has 0 spiro atoms. The summed E-state index contributed by atoms with van der Waals surface area (Å²) in [5, 5.41) is 8.30. The standard InChI is InChI=1S/C11H21N3/c1-6-14-8-10(12-13-14)11(4,5)7-9(2)3/h8-9H,6-7H2,1-5H3. The Morgan fingerprint density at radius 3 is 2.50 bits per heavy atom. The molecular formula is C11H21N3. The van der Waals surface area contributed by atoms with Crippen LogP contribution in [0.15, 0.2) is 6.20 Å². The van der Waals surface area contributed by atoms with Gasteiger partial charge in [0.2, 0.25) is 0 Å². The van der Waals surface area contributed by atoms with Crippen molar-refractivity contribution in [2.24, 2.45) is 5.92 Å². The highest BCUT2D eigenvalue weighted by atomic mass is 15.4. The quantitative estimate of drug-likeness (QED) is 0.739. The van der Waals surface area contributed by atoms with Gasteiger partial charge in [-0.2, -0.15) is 0 Å². The van der Waals surface area contributed by atoms with Crippen LogP contribution in [0, 0.1) is 5.92 Å². The molecule has 0 atom stereocenters. The van der Waals surface area contributed by atoms with Crippen LogP contribution in [0.3, 0.4) is 0 Å². The summed E-state index contributed by atoms with van der Waals surface area (Å²) in [5.74, 6) is 0.691. The summed E-state index contributed by atoms with van der Waals surface area (Å²) in [7, 11) is 0. The van der Waals surface area contributed by atoms with Gasteiger partial charge in [0, 0.05) is 18.2 Å². The zero-order valence-electron chi connectivity index (χ0n) is 9.91. The van der Waals surface area contributed by atoms with E-state index in [1.54, 1.807) is 0 Å². The molecule has 0 saturated carbocycles. The first-order chi connectivity index (χ1) is 6.45. The zero-order valence-corrected chi connectivity index (χ0v) is 9.91. The van der Waals surface area contributed by atoms with E-state index < -0.39 is 0 Å². The van der Waals surface area contributed by atoms with E-state index in [0.29, 0.717) is 5.92 Å². The Labute approximate surface area is 86.5 Å². The summed E-state index contributed by atoms with van der Waals surface area (Å²) in [6.07, 6.45) is 3.21. The minimum atomic E-state index is 0.140. The van der Waals surface area contributed by atoms with Crippen molar-refractivity contribution in [2.75, 3.05) is 0 Å². The van der Waals surface area contributed by atoms with Crippen LogP contribution < -0.4 is 0 Å². The van der Waals surface area contributed by atoms with Crippen LogP contribution in [0.1, 0.15) is 46.7 Å². The van der Waals surface area contributed by atoms with Crippen molar-refractivity contribution >= 4 is 0 Å². The van der Waals surface area contributed by atoms with Gasteiger partial charge in [-0.25, -0.2) is 0 Å². The topological polar surface area (TPSA) is 30.7 Å². The molecule has 0 radical (unpaired) electrons. The predicted molar refractivity (Wildman–Crippen MR) is 58.2 cm³/mol. The van der Waals surface area contributed by atoms with Crippen molar-refractivity contribution in [2.45, 2.75) is 53.0 Å². The van der Waals surface area contributed by atoms with Crippen LogP contribution >= 0.6 is 0 Å². The van der Waals surface area contributed by atoms with Crippen LogP contribution in [0.2, 0.25) is 0 Å². The lowest BCUT2D eigenvalue weighted by Crippen LogP contribution is -2.20. The largest absolute Gasteiger partial charge is 0.253 e. The molecule has 0 aromatic carbocycles. The van der Waals surface area contributed by atoms with Crippen molar-refractivity contribution in [3.05, 3.63) is 11.9 Å². The second-order valence-corrected chi connectivity index (χ2v) is 4.94. The molecule has 0 aliphatic rings. The first kappa shape index (κ1) is 11.2. The highest BCUT2D eigenvalue weighted by Crippen LogP contribution is 2.28. The molecule has 0 amide bonds. The van der Waals surface area contributed by atoms with E-state index in [0.717, 1.165) is 18.7 Å². The molecule has 3 heteroatoms. The Balaban J connectivity index is 2.80. The number of rotatable bonds is 4.